The van der Waals surface area contributed by atoms with Crippen LogP contribution in [0.25, 0.3) is 11.5 Å². The van der Waals surface area contributed by atoms with E-state index in [1.54, 1.807) is 11.3 Å². The Bertz CT molecular complexity index is 408. The summed E-state index contributed by atoms with van der Waals surface area (Å²) in [6.07, 6.45) is 1.32. The zero-order chi connectivity index (χ0) is 9.26. The Morgan fingerprint density at radius 2 is 2.46 bits per heavy atom. The van der Waals surface area contributed by atoms with Crippen molar-refractivity contribution >= 4 is 11.3 Å². The number of thiazole rings is 1. The van der Waals surface area contributed by atoms with Crippen LogP contribution in [0.2, 0.25) is 0 Å². The van der Waals surface area contributed by atoms with Crippen molar-refractivity contribution in [1.29, 1.82) is 0 Å². The van der Waals surface area contributed by atoms with E-state index in [9.17, 15) is 0 Å². The van der Waals surface area contributed by atoms with Gasteiger partial charge in [-0.2, -0.15) is 0 Å². The Morgan fingerprint density at radius 3 is 3.08 bits per heavy atom. The second-order valence-electron chi connectivity index (χ2n) is 2.54. The van der Waals surface area contributed by atoms with Gasteiger partial charge in [-0.15, -0.1) is 11.3 Å². The van der Waals surface area contributed by atoms with E-state index in [0.29, 0.717) is 11.5 Å². The topological polar surface area (TPSA) is 59.2 Å². The van der Waals surface area contributed by atoms with E-state index in [1.807, 2.05) is 12.3 Å². The molecule has 1 N–H and O–H groups in total. The second-order valence-corrected chi connectivity index (χ2v) is 3.60. The van der Waals surface area contributed by atoms with Crippen molar-refractivity contribution in [3.63, 3.8) is 0 Å². The minimum Gasteiger partial charge on any atom is -0.441 e. The Hall–Kier alpha value is -1.20. The molecule has 0 aliphatic rings. The van der Waals surface area contributed by atoms with Crippen molar-refractivity contribution in [2.75, 3.05) is 0 Å². The van der Waals surface area contributed by atoms with Gasteiger partial charge in [0.2, 0.25) is 0 Å². The summed E-state index contributed by atoms with van der Waals surface area (Å²) in [4.78, 5) is 8.10. The molecule has 0 aliphatic carbocycles. The number of hydrogen-bond donors (Lipinski definition) is 1. The first-order chi connectivity index (χ1) is 6.31. The first kappa shape index (κ1) is 8.40. The molecule has 0 saturated carbocycles. The molecular formula is C8H8N2O2S. The van der Waals surface area contributed by atoms with Crippen molar-refractivity contribution in [3.05, 3.63) is 22.5 Å². The van der Waals surface area contributed by atoms with Crippen LogP contribution in [0, 0.1) is 6.92 Å². The molecule has 0 aliphatic heterocycles. The van der Waals surface area contributed by atoms with Gasteiger partial charge in [0.25, 0.3) is 0 Å². The molecular weight excluding hydrogens is 188 g/mol. The smallest absolute Gasteiger partial charge is 0.181 e. The average molecular weight is 196 g/mol. The maximum Gasteiger partial charge on any atom is 0.181 e. The standard InChI is InChI=1S/C8H8N2O2S/c1-5-10-7(3-13-5)8-6(2-11)9-4-12-8/h3-4,11H,2H2,1H3. The van der Waals surface area contributed by atoms with E-state index in [0.717, 1.165) is 10.7 Å². The number of oxazole rings is 1. The average Bonchev–Trinajstić information content (AvgIpc) is 2.71. The lowest BCUT2D eigenvalue weighted by Crippen LogP contribution is -1.86. The summed E-state index contributed by atoms with van der Waals surface area (Å²) in [5.41, 5.74) is 1.27. The van der Waals surface area contributed by atoms with Crippen molar-refractivity contribution in [2.24, 2.45) is 0 Å². The highest BCUT2D eigenvalue weighted by Crippen LogP contribution is 2.24. The molecule has 2 rings (SSSR count). The van der Waals surface area contributed by atoms with Gasteiger partial charge in [0, 0.05) is 5.38 Å². The molecule has 0 radical (unpaired) electrons. The van der Waals surface area contributed by atoms with Crippen LogP contribution in [0.15, 0.2) is 16.2 Å². The minimum atomic E-state index is -0.123. The molecule has 13 heavy (non-hydrogen) atoms. The number of hydrogen-bond acceptors (Lipinski definition) is 5. The predicted molar refractivity (Wildman–Crippen MR) is 48.3 cm³/mol. The van der Waals surface area contributed by atoms with Crippen molar-refractivity contribution < 1.29 is 9.52 Å². The molecule has 0 amide bonds. The molecule has 2 aromatic heterocycles. The summed E-state index contributed by atoms with van der Waals surface area (Å²) < 4.78 is 5.13. The van der Waals surface area contributed by atoms with Gasteiger partial charge in [0.05, 0.1) is 11.6 Å². The van der Waals surface area contributed by atoms with Crippen molar-refractivity contribution in [2.45, 2.75) is 13.5 Å². The lowest BCUT2D eigenvalue weighted by molar-refractivity contribution is 0.277. The Kier molecular flexibility index (Phi) is 2.12. The lowest BCUT2D eigenvalue weighted by Gasteiger charge is -1.91. The van der Waals surface area contributed by atoms with Gasteiger partial charge in [0.1, 0.15) is 11.4 Å². The minimum absolute atomic E-state index is 0.123. The number of aliphatic hydroxyl groups is 1. The van der Waals surface area contributed by atoms with Crippen LogP contribution >= 0.6 is 11.3 Å². The summed E-state index contributed by atoms with van der Waals surface area (Å²) in [5.74, 6) is 0.562. The third-order valence-corrected chi connectivity index (χ3v) is 2.42. The van der Waals surface area contributed by atoms with E-state index in [-0.39, 0.29) is 6.61 Å². The van der Waals surface area contributed by atoms with Gasteiger partial charge in [-0.25, -0.2) is 9.97 Å². The molecule has 5 heteroatoms. The third-order valence-electron chi connectivity index (χ3n) is 1.64. The Labute approximate surface area is 78.9 Å². The molecule has 2 aromatic rings. The molecule has 0 unspecified atom stereocenters. The number of rotatable bonds is 2. The maximum absolute atomic E-state index is 8.93. The molecule has 2 heterocycles. The van der Waals surface area contributed by atoms with Gasteiger partial charge in [0.15, 0.2) is 12.2 Å². The normalized spacial score (nSPS) is 10.6. The SMILES string of the molecule is Cc1nc(-c2ocnc2CO)cs1. The zero-order valence-electron chi connectivity index (χ0n) is 7.02. The third kappa shape index (κ3) is 1.48. The van der Waals surface area contributed by atoms with Crippen LogP contribution < -0.4 is 0 Å². The predicted octanol–water partition coefficient (Wildman–Crippen LogP) is 1.60. The van der Waals surface area contributed by atoms with E-state index in [4.69, 9.17) is 9.52 Å². The number of aliphatic hydroxyl groups excluding tert-OH is 1. The highest BCUT2D eigenvalue weighted by atomic mass is 32.1. The number of aryl methyl sites for hydroxylation is 1. The molecule has 68 valence electrons. The summed E-state index contributed by atoms with van der Waals surface area (Å²) >= 11 is 1.54. The quantitative estimate of drug-likeness (QED) is 0.792. The molecule has 0 fully saturated rings. The van der Waals surface area contributed by atoms with E-state index in [2.05, 4.69) is 9.97 Å². The first-order valence-electron chi connectivity index (χ1n) is 3.77. The highest BCUT2D eigenvalue weighted by molar-refractivity contribution is 7.09. The van der Waals surface area contributed by atoms with E-state index < -0.39 is 0 Å². The van der Waals surface area contributed by atoms with Gasteiger partial charge in [-0.05, 0) is 6.92 Å². The van der Waals surface area contributed by atoms with Crippen LogP contribution in [0.3, 0.4) is 0 Å². The molecule has 4 nitrogen and oxygen atoms in total. The molecule has 0 saturated heterocycles. The first-order valence-corrected chi connectivity index (χ1v) is 4.65. The summed E-state index contributed by atoms with van der Waals surface area (Å²) in [6, 6.07) is 0. The number of nitrogens with zero attached hydrogens (tertiary/aromatic N) is 2. The van der Waals surface area contributed by atoms with Gasteiger partial charge >= 0.3 is 0 Å². The zero-order valence-corrected chi connectivity index (χ0v) is 7.84. The van der Waals surface area contributed by atoms with Crippen LogP contribution in [0.1, 0.15) is 10.7 Å². The van der Waals surface area contributed by atoms with Crippen molar-refractivity contribution in [1.82, 2.24) is 9.97 Å². The number of aromatic nitrogens is 2. The van der Waals surface area contributed by atoms with Crippen LogP contribution in [0.5, 0.6) is 0 Å². The molecule has 0 aromatic carbocycles. The second kappa shape index (κ2) is 3.27. The van der Waals surface area contributed by atoms with Crippen LogP contribution in [0.4, 0.5) is 0 Å². The van der Waals surface area contributed by atoms with Gasteiger partial charge < -0.3 is 9.52 Å². The lowest BCUT2D eigenvalue weighted by atomic mass is 10.3. The van der Waals surface area contributed by atoms with Gasteiger partial charge in [-0.1, -0.05) is 0 Å². The fraction of sp³-hybridized carbons (Fsp3) is 0.250. The molecule has 0 atom stereocenters. The molecule has 0 bridgehead atoms. The maximum atomic E-state index is 8.93. The Balaban J connectivity index is 2.45. The van der Waals surface area contributed by atoms with Crippen molar-refractivity contribution in [3.8, 4) is 11.5 Å². The molecule has 0 spiro atoms. The Morgan fingerprint density at radius 1 is 1.62 bits per heavy atom. The summed E-state index contributed by atoms with van der Waals surface area (Å²) in [5, 5.41) is 11.8. The van der Waals surface area contributed by atoms with Gasteiger partial charge in [-0.3, -0.25) is 0 Å². The fourth-order valence-corrected chi connectivity index (χ4v) is 1.65. The van der Waals surface area contributed by atoms with E-state index >= 15 is 0 Å². The highest BCUT2D eigenvalue weighted by Gasteiger charge is 2.11. The summed E-state index contributed by atoms with van der Waals surface area (Å²) in [7, 11) is 0. The monoisotopic (exact) mass is 196 g/mol. The van der Waals surface area contributed by atoms with E-state index in [1.165, 1.54) is 6.39 Å². The largest absolute Gasteiger partial charge is 0.441 e. The van der Waals surface area contributed by atoms with Crippen LogP contribution in [-0.2, 0) is 6.61 Å². The van der Waals surface area contributed by atoms with Crippen LogP contribution in [-0.4, -0.2) is 15.1 Å². The fourth-order valence-electron chi connectivity index (χ4n) is 1.06. The summed E-state index contributed by atoms with van der Waals surface area (Å²) in [6.45, 7) is 1.80.